The average Bonchev–Trinajstić information content (AvgIpc) is 2.78. The SMILES string of the molecule is CC1(C)CC(=O)c2cn(-c3ccc(F)cc3)c(=O)c(C(=O)Nc3ccc4c(c3)OCCO4)c2C1. The molecule has 1 N–H and O–H groups in total. The molecule has 0 spiro atoms. The lowest BCUT2D eigenvalue weighted by Crippen LogP contribution is -2.37. The summed E-state index contributed by atoms with van der Waals surface area (Å²) in [4.78, 5) is 40.0. The number of pyridine rings is 1. The molecule has 0 saturated carbocycles. The van der Waals surface area contributed by atoms with E-state index in [0.717, 1.165) is 0 Å². The number of nitrogens with zero attached hydrogens (tertiary/aromatic N) is 1. The van der Waals surface area contributed by atoms with Crippen molar-refractivity contribution in [2.75, 3.05) is 18.5 Å². The van der Waals surface area contributed by atoms with E-state index < -0.39 is 22.7 Å². The second-order valence-corrected chi connectivity index (χ2v) is 9.30. The van der Waals surface area contributed by atoms with Gasteiger partial charge in [0.05, 0.1) is 0 Å². The molecular formula is C26H23FN2O5. The fourth-order valence-corrected chi connectivity index (χ4v) is 4.49. The van der Waals surface area contributed by atoms with Crippen LogP contribution in [0, 0.1) is 11.2 Å². The molecule has 3 aromatic rings. The molecule has 1 aliphatic heterocycles. The molecule has 2 aromatic carbocycles. The van der Waals surface area contributed by atoms with E-state index >= 15 is 0 Å². The van der Waals surface area contributed by atoms with Crippen LogP contribution >= 0.6 is 0 Å². The van der Waals surface area contributed by atoms with Crippen LogP contribution in [0.2, 0.25) is 0 Å². The number of Topliss-reactive ketones (excluding diaryl/α,β-unsaturated/α-hetero) is 1. The van der Waals surface area contributed by atoms with Crippen molar-refractivity contribution in [2.45, 2.75) is 26.7 Å². The number of ketones is 1. The normalized spacial score (nSPS) is 16.0. The standard InChI is InChI=1S/C26H23FN2O5/c1-26(2)12-18-19(20(30)13-26)14-29(17-6-3-15(27)4-7-17)25(32)23(18)24(31)28-16-5-8-21-22(11-16)34-10-9-33-21/h3-8,11,14H,9-10,12-13H2,1-2H3,(H,28,31). The molecule has 1 amide bonds. The number of nitrogens with one attached hydrogen (secondary N) is 1. The highest BCUT2D eigenvalue weighted by Crippen LogP contribution is 2.36. The van der Waals surface area contributed by atoms with Crippen LogP contribution in [0.4, 0.5) is 10.1 Å². The highest BCUT2D eigenvalue weighted by atomic mass is 19.1. The Labute approximate surface area is 195 Å². The predicted octanol–water partition coefficient (Wildman–Crippen LogP) is 4.16. The lowest BCUT2D eigenvalue weighted by molar-refractivity contribution is 0.0910. The maximum absolute atomic E-state index is 13.6. The molecule has 0 bridgehead atoms. The van der Waals surface area contributed by atoms with Crippen LogP contribution in [-0.4, -0.2) is 29.5 Å². The van der Waals surface area contributed by atoms with Gasteiger partial charge in [0.2, 0.25) is 0 Å². The Morgan fingerprint density at radius 2 is 1.71 bits per heavy atom. The predicted molar refractivity (Wildman–Crippen MR) is 124 cm³/mol. The molecule has 174 valence electrons. The van der Waals surface area contributed by atoms with Gasteiger partial charge in [0.1, 0.15) is 24.6 Å². The maximum Gasteiger partial charge on any atom is 0.268 e. The molecule has 0 radical (unpaired) electrons. The summed E-state index contributed by atoms with van der Waals surface area (Å²) < 4.78 is 25.8. The van der Waals surface area contributed by atoms with Gasteiger partial charge in [-0.05, 0) is 53.8 Å². The topological polar surface area (TPSA) is 86.6 Å². The zero-order valence-corrected chi connectivity index (χ0v) is 18.8. The third-order valence-corrected chi connectivity index (χ3v) is 6.04. The van der Waals surface area contributed by atoms with Crippen molar-refractivity contribution < 1.29 is 23.5 Å². The summed E-state index contributed by atoms with van der Waals surface area (Å²) in [5.74, 6) is -0.147. The van der Waals surface area contributed by atoms with Crippen LogP contribution in [0.3, 0.4) is 0 Å². The number of halogens is 1. The van der Waals surface area contributed by atoms with Crippen LogP contribution in [0.5, 0.6) is 11.5 Å². The minimum Gasteiger partial charge on any atom is -0.486 e. The Balaban J connectivity index is 1.62. The second-order valence-electron chi connectivity index (χ2n) is 9.30. The van der Waals surface area contributed by atoms with E-state index in [0.29, 0.717) is 60.1 Å². The number of amides is 1. The largest absolute Gasteiger partial charge is 0.486 e. The first-order chi connectivity index (χ1) is 16.2. The van der Waals surface area contributed by atoms with Gasteiger partial charge in [0.15, 0.2) is 17.3 Å². The molecule has 34 heavy (non-hydrogen) atoms. The molecule has 0 atom stereocenters. The molecule has 0 unspecified atom stereocenters. The first-order valence-electron chi connectivity index (χ1n) is 11.0. The summed E-state index contributed by atoms with van der Waals surface area (Å²) in [6, 6.07) is 10.3. The molecule has 2 heterocycles. The van der Waals surface area contributed by atoms with Gasteiger partial charge in [-0.1, -0.05) is 13.8 Å². The number of ether oxygens (including phenoxy) is 2. The number of carbonyl (C=O) groups is 2. The highest BCUT2D eigenvalue weighted by molar-refractivity contribution is 6.08. The van der Waals surface area contributed by atoms with Gasteiger partial charge in [-0.15, -0.1) is 0 Å². The molecule has 8 heteroatoms. The Morgan fingerprint density at radius 1 is 1.00 bits per heavy atom. The number of anilines is 1. The van der Waals surface area contributed by atoms with Gasteiger partial charge < -0.3 is 14.8 Å². The molecule has 2 aliphatic rings. The lowest BCUT2D eigenvalue weighted by atomic mass is 9.73. The number of hydrogen-bond donors (Lipinski definition) is 1. The quantitative estimate of drug-likeness (QED) is 0.632. The summed E-state index contributed by atoms with van der Waals surface area (Å²) in [6.07, 6.45) is 2.16. The molecule has 1 aromatic heterocycles. The summed E-state index contributed by atoms with van der Waals surface area (Å²) in [5.41, 5.74) is 0.477. The number of hydrogen-bond acceptors (Lipinski definition) is 5. The van der Waals surface area contributed by atoms with Crippen LogP contribution in [0.25, 0.3) is 5.69 Å². The van der Waals surface area contributed by atoms with Crippen molar-refractivity contribution in [3.63, 3.8) is 0 Å². The van der Waals surface area contributed by atoms with E-state index in [-0.39, 0.29) is 11.3 Å². The zero-order chi connectivity index (χ0) is 24.0. The Hall–Kier alpha value is -3.94. The summed E-state index contributed by atoms with van der Waals surface area (Å²) in [6.45, 7) is 4.71. The molecule has 7 nitrogen and oxygen atoms in total. The number of aromatic nitrogens is 1. The average molecular weight is 462 g/mol. The Kier molecular flexibility index (Phi) is 5.23. The minimum absolute atomic E-state index is 0.0992. The van der Waals surface area contributed by atoms with Crippen molar-refractivity contribution in [3.8, 4) is 17.2 Å². The fraction of sp³-hybridized carbons (Fsp3) is 0.269. The van der Waals surface area contributed by atoms with Gasteiger partial charge in [0.25, 0.3) is 11.5 Å². The van der Waals surface area contributed by atoms with E-state index in [1.54, 1.807) is 18.2 Å². The fourth-order valence-electron chi connectivity index (χ4n) is 4.49. The third-order valence-electron chi connectivity index (χ3n) is 6.04. The van der Waals surface area contributed by atoms with Crippen molar-refractivity contribution in [1.29, 1.82) is 0 Å². The van der Waals surface area contributed by atoms with Gasteiger partial charge in [0, 0.05) is 35.6 Å². The number of fused-ring (bicyclic) bond motifs is 2. The van der Waals surface area contributed by atoms with Crippen LogP contribution in [0.15, 0.2) is 53.5 Å². The second kappa shape index (κ2) is 8.13. The first-order valence-corrected chi connectivity index (χ1v) is 11.0. The molecular weight excluding hydrogens is 439 g/mol. The first kappa shape index (κ1) is 21.9. The molecule has 5 rings (SSSR count). The zero-order valence-electron chi connectivity index (χ0n) is 18.8. The number of carbonyl (C=O) groups excluding carboxylic acids is 2. The number of benzene rings is 2. The van der Waals surface area contributed by atoms with Gasteiger partial charge in [-0.3, -0.25) is 19.0 Å². The maximum atomic E-state index is 13.6. The molecule has 0 saturated heterocycles. The van der Waals surface area contributed by atoms with Crippen LogP contribution in [0.1, 0.15) is 46.5 Å². The minimum atomic E-state index is -0.625. The van der Waals surface area contributed by atoms with Crippen molar-refractivity contribution >= 4 is 17.4 Å². The number of rotatable bonds is 3. The monoisotopic (exact) mass is 462 g/mol. The van der Waals surface area contributed by atoms with Crippen molar-refractivity contribution in [1.82, 2.24) is 4.57 Å². The van der Waals surface area contributed by atoms with E-state index in [2.05, 4.69) is 5.32 Å². The van der Waals surface area contributed by atoms with E-state index in [1.165, 1.54) is 35.0 Å². The Morgan fingerprint density at radius 3 is 2.44 bits per heavy atom. The van der Waals surface area contributed by atoms with E-state index in [1.807, 2.05) is 13.8 Å². The van der Waals surface area contributed by atoms with Gasteiger partial charge >= 0.3 is 0 Å². The molecule has 0 fully saturated rings. The van der Waals surface area contributed by atoms with Crippen molar-refractivity contribution in [3.05, 3.63) is 81.5 Å². The third kappa shape index (κ3) is 3.96. The van der Waals surface area contributed by atoms with E-state index in [4.69, 9.17) is 9.47 Å². The smallest absolute Gasteiger partial charge is 0.268 e. The highest BCUT2D eigenvalue weighted by Gasteiger charge is 2.36. The summed E-state index contributed by atoms with van der Waals surface area (Å²) >= 11 is 0. The summed E-state index contributed by atoms with van der Waals surface area (Å²) in [5, 5.41) is 2.77. The summed E-state index contributed by atoms with van der Waals surface area (Å²) in [7, 11) is 0. The lowest BCUT2D eigenvalue weighted by Gasteiger charge is -2.31. The van der Waals surface area contributed by atoms with Crippen LogP contribution < -0.4 is 20.3 Å². The van der Waals surface area contributed by atoms with E-state index in [9.17, 15) is 18.8 Å². The van der Waals surface area contributed by atoms with Gasteiger partial charge in [-0.2, -0.15) is 0 Å². The Bertz CT molecular complexity index is 1380. The molecule has 1 aliphatic carbocycles. The van der Waals surface area contributed by atoms with Crippen LogP contribution in [-0.2, 0) is 6.42 Å². The van der Waals surface area contributed by atoms with Crippen molar-refractivity contribution in [2.24, 2.45) is 5.41 Å². The van der Waals surface area contributed by atoms with Gasteiger partial charge in [-0.25, -0.2) is 4.39 Å².